The van der Waals surface area contributed by atoms with Gasteiger partial charge >= 0.3 is 0 Å². The van der Waals surface area contributed by atoms with Crippen molar-refractivity contribution in [1.29, 1.82) is 0 Å². The number of likely N-dealkylation sites (N-methyl/N-ethyl adjacent to an activating group) is 1. The lowest BCUT2D eigenvalue weighted by atomic mass is 9.93. The highest BCUT2D eigenvalue weighted by Gasteiger charge is 2.17. The van der Waals surface area contributed by atoms with Gasteiger partial charge in [0.2, 0.25) is 11.8 Å². The molecule has 1 aromatic carbocycles. The Morgan fingerprint density at radius 1 is 1.21 bits per heavy atom. The molecule has 134 valence electrons. The number of aryl methyl sites for hydroxylation is 1. The van der Waals surface area contributed by atoms with E-state index in [1.54, 1.807) is 7.05 Å². The third kappa shape index (κ3) is 6.89. The molecule has 1 fully saturated rings. The summed E-state index contributed by atoms with van der Waals surface area (Å²) in [6, 6.07) is 7.63. The van der Waals surface area contributed by atoms with Crippen LogP contribution in [0.5, 0.6) is 0 Å². The lowest BCUT2D eigenvalue weighted by molar-refractivity contribution is -0.133. The molecule has 0 aromatic heterocycles. The van der Waals surface area contributed by atoms with Crippen LogP contribution in [0.3, 0.4) is 0 Å². The summed E-state index contributed by atoms with van der Waals surface area (Å²) in [4.78, 5) is 25.7. The zero-order valence-electron chi connectivity index (χ0n) is 14.5. The molecular formula is C18H28ClN3O2. The Labute approximate surface area is 150 Å². The van der Waals surface area contributed by atoms with Crippen LogP contribution in [0.25, 0.3) is 0 Å². The van der Waals surface area contributed by atoms with E-state index in [1.807, 2.05) is 31.2 Å². The first kappa shape index (κ1) is 20.5. The molecule has 1 saturated heterocycles. The third-order valence-electron chi connectivity index (χ3n) is 4.37. The van der Waals surface area contributed by atoms with Gasteiger partial charge in [-0.25, -0.2) is 0 Å². The molecule has 1 aromatic rings. The molecule has 0 bridgehead atoms. The van der Waals surface area contributed by atoms with Crippen LogP contribution >= 0.6 is 12.4 Å². The van der Waals surface area contributed by atoms with Crippen LogP contribution in [0.15, 0.2) is 24.3 Å². The Morgan fingerprint density at radius 3 is 2.46 bits per heavy atom. The number of halogens is 1. The minimum atomic E-state index is -0.161. The fourth-order valence-corrected chi connectivity index (χ4v) is 2.83. The van der Waals surface area contributed by atoms with Gasteiger partial charge in [0.25, 0.3) is 0 Å². The van der Waals surface area contributed by atoms with Crippen molar-refractivity contribution in [2.24, 2.45) is 5.92 Å². The van der Waals surface area contributed by atoms with Crippen molar-refractivity contribution in [1.82, 2.24) is 10.2 Å². The van der Waals surface area contributed by atoms with Gasteiger partial charge in [-0.3, -0.25) is 9.59 Å². The molecule has 0 spiro atoms. The average molecular weight is 354 g/mol. The molecular weight excluding hydrogens is 326 g/mol. The van der Waals surface area contributed by atoms with Crippen molar-refractivity contribution >= 4 is 29.9 Å². The van der Waals surface area contributed by atoms with Crippen LogP contribution in [0.1, 0.15) is 31.2 Å². The number of carbonyl (C=O) groups is 2. The number of nitrogens with one attached hydrogen (secondary N) is 2. The van der Waals surface area contributed by atoms with Gasteiger partial charge in [-0.15, -0.1) is 12.4 Å². The van der Waals surface area contributed by atoms with E-state index in [2.05, 4.69) is 10.6 Å². The Morgan fingerprint density at radius 2 is 1.83 bits per heavy atom. The van der Waals surface area contributed by atoms with Crippen molar-refractivity contribution in [3.05, 3.63) is 29.8 Å². The summed E-state index contributed by atoms with van der Waals surface area (Å²) in [6.45, 7) is 4.20. The summed E-state index contributed by atoms with van der Waals surface area (Å²) >= 11 is 0. The first-order valence-electron chi connectivity index (χ1n) is 8.36. The Bertz CT molecular complexity index is 528. The molecule has 0 atom stereocenters. The van der Waals surface area contributed by atoms with Crippen molar-refractivity contribution in [3.63, 3.8) is 0 Å². The first-order valence-corrected chi connectivity index (χ1v) is 8.36. The quantitative estimate of drug-likeness (QED) is 0.826. The van der Waals surface area contributed by atoms with Crippen LogP contribution in [0, 0.1) is 12.8 Å². The fourth-order valence-electron chi connectivity index (χ4n) is 2.83. The Hall–Kier alpha value is -1.59. The van der Waals surface area contributed by atoms with Crippen molar-refractivity contribution in [2.75, 3.05) is 32.0 Å². The Kier molecular flexibility index (Phi) is 8.79. The van der Waals surface area contributed by atoms with E-state index in [9.17, 15) is 9.59 Å². The molecule has 24 heavy (non-hydrogen) atoms. The number of rotatable bonds is 6. The molecule has 5 nitrogen and oxygen atoms in total. The normalized spacial score (nSPS) is 14.6. The summed E-state index contributed by atoms with van der Waals surface area (Å²) in [5.74, 6) is 0.518. The monoisotopic (exact) mass is 353 g/mol. The highest BCUT2D eigenvalue weighted by Crippen LogP contribution is 2.18. The molecule has 0 radical (unpaired) electrons. The van der Waals surface area contributed by atoms with Gasteiger partial charge in [0.15, 0.2) is 0 Å². The molecule has 0 saturated carbocycles. The van der Waals surface area contributed by atoms with Gasteiger partial charge in [0.1, 0.15) is 0 Å². The summed E-state index contributed by atoms with van der Waals surface area (Å²) in [7, 11) is 1.69. The van der Waals surface area contributed by atoms with E-state index < -0.39 is 0 Å². The smallest absolute Gasteiger partial charge is 0.243 e. The predicted octanol–water partition coefficient (Wildman–Crippen LogP) is 2.59. The predicted molar refractivity (Wildman–Crippen MR) is 99.5 cm³/mol. The van der Waals surface area contributed by atoms with Crippen LogP contribution in [-0.4, -0.2) is 43.4 Å². The van der Waals surface area contributed by atoms with Crippen LogP contribution < -0.4 is 10.6 Å². The zero-order valence-corrected chi connectivity index (χ0v) is 15.3. The maximum absolute atomic E-state index is 12.1. The van der Waals surface area contributed by atoms with Gasteiger partial charge in [-0.1, -0.05) is 17.7 Å². The molecule has 2 N–H and O–H groups in total. The van der Waals surface area contributed by atoms with Crippen molar-refractivity contribution in [3.8, 4) is 0 Å². The lowest BCUT2D eigenvalue weighted by Gasteiger charge is -2.23. The summed E-state index contributed by atoms with van der Waals surface area (Å²) in [5.41, 5.74) is 1.91. The van der Waals surface area contributed by atoms with Gasteiger partial charge in [-0.2, -0.15) is 0 Å². The average Bonchev–Trinajstić information content (AvgIpc) is 2.55. The van der Waals surface area contributed by atoms with E-state index in [0.717, 1.165) is 43.6 Å². The van der Waals surface area contributed by atoms with Crippen molar-refractivity contribution < 1.29 is 9.59 Å². The molecule has 6 heteroatoms. The largest absolute Gasteiger partial charge is 0.336 e. The van der Waals surface area contributed by atoms with E-state index in [1.165, 1.54) is 4.90 Å². The van der Waals surface area contributed by atoms with Crippen LogP contribution in [0.4, 0.5) is 5.69 Å². The van der Waals surface area contributed by atoms with E-state index in [-0.39, 0.29) is 30.8 Å². The second-order valence-electron chi connectivity index (χ2n) is 6.40. The summed E-state index contributed by atoms with van der Waals surface area (Å²) in [5, 5.41) is 6.15. The fraction of sp³-hybridized carbons (Fsp3) is 0.556. The van der Waals surface area contributed by atoms with Gasteiger partial charge in [-0.05, 0) is 57.3 Å². The SMILES string of the molecule is Cc1ccc(NC(=O)CN(C)C(=O)CCC2CCNCC2)cc1.Cl. The second-order valence-corrected chi connectivity index (χ2v) is 6.40. The number of benzene rings is 1. The molecule has 1 aliphatic rings. The first-order chi connectivity index (χ1) is 11.0. The maximum Gasteiger partial charge on any atom is 0.243 e. The molecule has 0 unspecified atom stereocenters. The number of carbonyl (C=O) groups excluding carboxylic acids is 2. The Balaban J connectivity index is 0.00000288. The van der Waals surface area contributed by atoms with Gasteiger partial charge in [0.05, 0.1) is 6.54 Å². The summed E-state index contributed by atoms with van der Waals surface area (Å²) < 4.78 is 0. The van der Waals surface area contributed by atoms with E-state index in [0.29, 0.717) is 12.3 Å². The number of anilines is 1. The highest BCUT2D eigenvalue weighted by molar-refractivity contribution is 5.94. The number of piperidine rings is 1. The number of hydrogen-bond acceptors (Lipinski definition) is 3. The highest BCUT2D eigenvalue weighted by atomic mass is 35.5. The molecule has 2 rings (SSSR count). The molecule has 1 aliphatic heterocycles. The van der Waals surface area contributed by atoms with E-state index in [4.69, 9.17) is 0 Å². The van der Waals surface area contributed by atoms with E-state index >= 15 is 0 Å². The van der Waals surface area contributed by atoms with Crippen LogP contribution in [-0.2, 0) is 9.59 Å². The minimum absolute atomic E-state index is 0. The molecule has 0 aliphatic carbocycles. The molecule has 1 heterocycles. The summed E-state index contributed by atoms with van der Waals surface area (Å²) in [6.07, 6.45) is 3.74. The maximum atomic E-state index is 12.1. The topological polar surface area (TPSA) is 61.4 Å². The number of hydrogen-bond donors (Lipinski definition) is 2. The second kappa shape index (κ2) is 10.3. The van der Waals surface area contributed by atoms with Gasteiger partial charge in [0, 0.05) is 19.2 Å². The van der Waals surface area contributed by atoms with Crippen LogP contribution in [0.2, 0.25) is 0 Å². The van der Waals surface area contributed by atoms with Gasteiger partial charge < -0.3 is 15.5 Å². The standard InChI is InChI=1S/C18H27N3O2.ClH/c1-14-3-6-16(7-4-14)20-17(22)13-21(2)18(23)8-5-15-9-11-19-12-10-15;/h3-4,6-7,15,19H,5,8-13H2,1-2H3,(H,20,22);1H. The minimum Gasteiger partial charge on any atom is -0.336 e. The lowest BCUT2D eigenvalue weighted by Crippen LogP contribution is -2.35. The zero-order chi connectivity index (χ0) is 16.7. The van der Waals surface area contributed by atoms with Crippen molar-refractivity contribution in [2.45, 2.75) is 32.6 Å². The third-order valence-corrected chi connectivity index (χ3v) is 4.37. The number of amides is 2. The molecule has 2 amide bonds. The number of nitrogens with zero attached hydrogens (tertiary/aromatic N) is 1.